The molecule has 1 aromatic carbocycles. The van der Waals surface area contributed by atoms with Gasteiger partial charge >= 0.3 is 25.4 Å². The number of carbonyl (C=O) groups is 12. The van der Waals surface area contributed by atoms with Crippen LogP contribution in [0.2, 0.25) is 0 Å². The summed E-state index contributed by atoms with van der Waals surface area (Å²) in [6.07, 6.45) is -6.09. The van der Waals surface area contributed by atoms with Crippen LogP contribution in [0, 0.1) is 17.8 Å². The zero-order valence-electron chi connectivity index (χ0n) is 47.3. The molecule has 33 nitrogen and oxygen atoms in total. The lowest BCUT2D eigenvalue weighted by Gasteiger charge is -2.31. The predicted molar refractivity (Wildman–Crippen MR) is 290 cm³/mol. The Balaban J connectivity index is 2.67. The van der Waals surface area contributed by atoms with E-state index in [0.29, 0.717) is 0 Å². The molecule has 0 aliphatic rings. The van der Waals surface area contributed by atoms with Gasteiger partial charge in [-0.2, -0.15) is 0 Å². The highest BCUT2D eigenvalue weighted by Crippen LogP contribution is 2.38. The van der Waals surface area contributed by atoms with Crippen LogP contribution in [0.4, 0.5) is 0 Å². The Bertz CT molecular complexity index is 2840. The number of phosphoric ester groups is 1. The summed E-state index contributed by atoms with van der Waals surface area (Å²) < 4.78 is 21.5. The third-order valence-electron chi connectivity index (χ3n) is 12.5. The number of rotatable bonds is 34. The molecule has 2 rings (SSSR count). The van der Waals surface area contributed by atoms with E-state index in [9.17, 15) is 102 Å². The summed E-state index contributed by atoms with van der Waals surface area (Å²) in [6, 6.07) is -11.8. The Morgan fingerprint density at radius 1 is 0.595 bits per heavy atom. The van der Waals surface area contributed by atoms with Gasteiger partial charge in [-0.05, 0) is 55.7 Å². The molecule has 0 radical (unpaired) electrons. The highest BCUT2D eigenvalue weighted by molar-refractivity contribution is 7.46. The van der Waals surface area contributed by atoms with Crippen molar-refractivity contribution in [2.24, 2.45) is 23.5 Å². The number of nitrogens with one attached hydrogen (secondary N) is 9. The second-order valence-electron chi connectivity index (χ2n) is 20.5. The topological polar surface area (TPSA) is 537 Å². The minimum Gasteiger partial charge on any atom is -0.481 e. The number of carboxylic acids is 2. The van der Waals surface area contributed by atoms with Crippen LogP contribution < -0.4 is 63.7 Å². The number of carbonyl (C=O) groups excluding carboxylic acids is 10. The van der Waals surface area contributed by atoms with E-state index < -0.39 is 194 Å². The second kappa shape index (κ2) is 32.7. The van der Waals surface area contributed by atoms with E-state index >= 15 is 0 Å². The first-order valence-electron chi connectivity index (χ1n) is 26.1. The fourth-order valence-corrected chi connectivity index (χ4v) is 8.42. The molecular formula is C50H75N10O23P. The summed E-state index contributed by atoms with van der Waals surface area (Å²) in [5.41, 5.74) is 3.75. The van der Waals surface area contributed by atoms with Crippen LogP contribution in [0.1, 0.15) is 93.6 Å². The van der Waals surface area contributed by atoms with E-state index in [2.05, 4.69) is 47.1 Å². The van der Waals surface area contributed by atoms with Crippen molar-refractivity contribution in [2.75, 3.05) is 6.61 Å². The molecule has 1 heterocycles. The Labute approximate surface area is 479 Å². The van der Waals surface area contributed by atoms with Crippen molar-refractivity contribution >= 4 is 89.8 Å². The van der Waals surface area contributed by atoms with Crippen LogP contribution in [-0.4, -0.2) is 180 Å². The lowest BCUT2D eigenvalue weighted by molar-refractivity contribution is -0.141. The Morgan fingerprint density at radius 2 is 1.04 bits per heavy atom. The molecule has 10 amide bonds. The fourth-order valence-electron chi connectivity index (χ4n) is 8.03. The maximum Gasteiger partial charge on any atom is 0.524 e. The molecule has 1 aromatic heterocycles. The van der Waals surface area contributed by atoms with Crippen molar-refractivity contribution in [3.63, 3.8) is 0 Å². The summed E-state index contributed by atoms with van der Waals surface area (Å²) in [5, 5.41) is 70.7. The van der Waals surface area contributed by atoms with Crippen LogP contribution >= 0.6 is 7.82 Å². The number of phosphoric acid groups is 1. The van der Waals surface area contributed by atoms with Gasteiger partial charge in [0.1, 0.15) is 65.7 Å². The first-order chi connectivity index (χ1) is 38.9. The number of aliphatic carboxylic acids is 2. The van der Waals surface area contributed by atoms with Gasteiger partial charge in [-0.25, -0.2) is 9.36 Å². The Hall–Kier alpha value is -8.10. The van der Waals surface area contributed by atoms with E-state index in [-0.39, 0.29) is 35.3 Å². The molecule has 84 heavy (non-hydrogen) atoms. The first-order valence-corrected chi connectivity index (χ1v) is 27.6. The number of amides is 10. The second-order valence-corrected chi connectivity index (χ2v) is 21.7. The van der Waals surface area contributed by atoms with Gasteiger partial charge in [-0.3, -0.25) is 67.3 Å². The van der Waals surface area contributed by atoms with E-state index in [1.54, 1.807) is 20.8 Å². The number of hydrogen-bond acceptors (Lipinski definition) is 19. The van der Waals surface area contributed by atoms with Gasteiger partial charge in [0, 0.05) is 30.9 Å². The summed E-state index contributed by atoms with van der Waals surface area (Å²) in [7, 11) is -5.15. The van der Waals surface area contributed by atoms with E-state index in [4.69, 9.17) is 10.2 Å². The quantitative estimate of drug-likeness (QED) is 0.0231. The van der Waals surface area contributed by atoms with Gasteiger partial charge in [0.2, 0.25) is 59.1 Å². The maximum absolute atomic E-state index is 14.6. The molecule has 2 aromatic rings. The molecule has 0 fully saturated rings. The minimum absolute atomic E-state index is 0.000931. The molecule has 12 atom stereocenters. The van der Waals surface area contributed by atoms with Crippen molar-refractivity contribution in [2.45, 2.75) is 161 Å². The number of nitrogens with two attached hydrogens (primary N) is 1. The molecule has 0 unspecified atom stereocenters. The molecule has 18 N–H and O–H groups in total. The van der Waals surface area contributed by atoms with Gasteiger partial charge in [-0.15, -0.1) is 0 Å². The summed E-state index contributed by atoms with van der Waals surface area (Å²) in [6.45, 7) is 11.3. The molecule has 0 saturated heterocycles. The third kappa shape index (κ3) is 23.3. The summed E-state index contributed by atoms with van der Waals surface area (Å²) in [4.78, 5) is 189. The molecular weight excluding hydrogens is 1140 g/mol. The maximum atomic E-state index is 14.6. The Morgan fingerprint density at radius 3 is 1.50 bits per heavy atom. The predicted octanol–water partition coefficient (Wildman–Crippen LogP) is -4.87. The summed E-state index contributed by atoms with van der Waals surface area (Å²) in [5.74, 6) is -16.9. The average Bonchev–Trinajstić information content (AvgIpc) is 3.58. The van der Waals surface area contributed by atoms with E-state index in [0.717, 1.165) is 39.0 Å². The van der Waals surface area contributed by atoms with E-state index in [1.807, 2.05) is 5.32 Å². The van der Waals surface area contributed by atoms with Crippen LogP contribution in [-0.2, 0) is 68.5 Å². The highest BCUT2D eigenvalue weighted by Gasteiger charge is 2.39. The van der Waals surface area contributed by atoms with Crippen molar-refractivity contribution in [1.82, 2.24) is 47.9 Å². The number of aliphatic hydroxyl groups excluding tert-OH is 3. The molecule has 0 bridgehead atoms. The average molecular weight is 1220 g/mol. The van der Waals surface area contributed by atoms with Crippen molar-refractivity contribution < 1.29 is 106 Å². The normalized spacial score (nSPS) is 15.8. The van der Waals surface area contributed by atoms with Crippen LogP contribution in [0.5, 0.6) is 5.75 Å². The number of carboxylic acid groups (broad SMARTS) is 2. The number of aliphatic hydroxyl groups is 3. The molecule has 0 spiro atoms. The zero-order valence-corrected chi connectivity index (χ0v) is 48.2. The standard InChI is InChI=1S/C50H75N10O23P/c1-10-22(6)39(58-50(78)41(24(8)63)60-46(74)33(19-61)56-44(72)32(18-36(67)68)52-25(9)64)48(76)55-31(14-26-15-37(69)82-34-16-27(11-12-28(26)34)83-84(79,80)81)45(73)59-40(23(7)62)49(77)57-38(21(4)5)47(75)54-30(13-20(2)3)43(71)53-29(42(51)70)17-35(65)66/h11-12,15-16,20-24,29-33,38-41,61-63H,10,13-14,17-19H2,1-9H3,(H2,51,70)(H,52,64)(H,53,71)(H,54,75)(H,55,76)(H,56,72)(H,57,77)(H,58,78)(H,59,73)(H,60,74)(H,65,66)(H,67,68)(H2,79,80,81)/t22-,23+,24+,29-,30-,31-,32-,33-,38-,39-,40-,41-/m0/s1. The smallest absolute Gasteiger partial charge is 0.481 e. The van der Waals surface area contributed by atoms with E-state index in [1.165, 1.54) is 26.8 Å². The SMILES string of the molecule is CC[C@H](C)[C@H](NC(=O)[C@@H](NC(=O)[C@H](CO)NC(=O)[C@H](CC(=O)O)NC(C)=O)[C@@H](C)O)C(=O)N[C@@H](Cc1cc(=O)oc2cc(OP(=O)(O)O)ccc12)C(=O)N[C@H](C(=O)N[C@H](C(=O)N[C@@H](CC(C)C)C(=O)N[C@@H](CC(=O)O)C(N)=O)C(C)C)[C@@H](C)O. The monoisotopic (exact) mass is 1210 g/mol. The number of fused-ring (bicyclic) bond motifs is 1. The van der Waals surface area contributed by atoms with Gasteiger partial charge in [0.25, 0.3) is 0 Å². The number of hydrogen-bond donors (Lipinski definition) is 17. The van der Waals surface area contributed by atoms with Crippen LogP contribution in [0.3, 0.4) is 0 Å². The Kier molecular flexibility index (Phi) is 28.0. The minimum atomic E-state index is -5.15. The van der Waals surface area contributed by atoms with Gasteiger partial charge in [-0.1, -0.05) is 48.0 Å². The number of primary amides is 1. The third-order valence-corrected chi connectivity index (χ3v) is 13.0. The zero-order chi connectivity index (χ0) is 64.2. The largest absolute Gasteiger partial charge is 0.524 e. The summed E-state index contributed by atoms with van der Waals surface area (Å²) >= 11 is 0. The highest BCUT2D eigenvalue weighted by atomic mass is 31.2. The lowest BCUT2D eigenvalue weighted by atomic mass is 9.96. The molecule has 0 saturated carbocycles. The molecule has 34 heteroatoms. The van der Waals surface area contributed by atoms with Crippen molar-refractivity contribution in [1.29, 1.82) is 0 Å². The van der Waals surface area contributed by atoms with Crippen molar-refractivity contribution in [3.8, 4) is 5.75 Å². The van der Waals surface area contributed by atoms with Gasteiger partial charge in [0.15, 0.2) is 0 Å². The number of benzene rings is 1. The van der Waals surface area contributed by atoms with Crippen LogP contribution in [0.25, 0.3) is 11.0 Å². The molecule has 0 aliphatic heterocycles. The first kappa shape index (κ1) is 72.0. The molecule has 0 aliphatic carbocycles. The van der Waals surface area contributed by atoms with Gasteiger partial charge < -0.3 is 88.1 Å². The van der Waals surface area contributed by atoms with Crippen LogP contribution in [0.15, 0.2) is 33.5 Å². The van der Waals surface area contributed by atoms with Crippen molar-refractivity contribution in [3.05, 3.63) is 40.2 Å². The van der Waals surface area contributed by atoms with Gasteiger partial charge in [0.05, 0.1) is 31.7 Å². The molecule has 468 valence electrons. The fraction of sp³-hybridized carbons (Fsp3) is 0.580. The lowest BCUT2D eigenvalue weighted by Crippen LogP contribution is -2.64.